The van der Waals surface area contributed by atoms with Gasteiger partial charge in [0.2, 0.25) is 0 Å². The zero-order chi connectivity index (χ0) is 8.10. The first kappa shape index (κ1) is 8.07. The van der Waals surface area contributed by atoms with Gasteiger partial charge in [-0.3, -0.25) is 0 Å². The van der Waals surface area contributed by atoms with Crippen LogP contribution in [0.5, 0.6) is 0 Å². The number of imidazole rings is 1. The Labute approximate surface area is 66.0 Å². The van der Waals surface area contributed by atoms with Crippen molar-refractivity contribution in [3.8, 4) is 0 Å². The molecule has 0 aliphatic rings. The van der Waals surface area contributed by atoms with Gasteiger partial charge in [-0.2, -0.15) is 0 Å². The molecule has 4 heteroatoms. The molecule has 0 aliphatic carbocycles. The standard InChI is InChI=1S/C7H13N3O/c1-6(11-2)5-10-7-8-3-4-9-7/h3-4,6H,5H2,1-2H3,(H2,8,9,10). The van der Waals surface area contributed by atoms with Crippen LogP contribution >= 0.6 is 0 Å². The molecule has 4 nitrogen and oxygen atoms in total. The smallest absolute Gasteiger partial charge is 0.200 e. The van der Waals surface area contributed by atoms with Gasteiger partial charge >= 0.3 is 0 Å². The van der Waals surface area contributed by atoms with Crippen molar-refractivity contribution in [3.05, 3.63) is 12.4 Å². The topological polar surface area (TPSA) is 49.9 Å². The second-order valence-electron chi connectivity index (χ2n) is 2.37. The zero-order valence-electron chi connectivity index (χ0n) is 6.79. The minimum absolute atomic E-state index is 0.208. The zero-order valence-corrected chi connectivity index (χ0v) is 6.79. The third-order valence-corrected chi connectivity index (χ3v) is 1.46. The van der Waals surface area contributed by atoms with Gasteiger partial charge in [0, 0.05) is 26.0 Å². The van der Waals surface area contributed by atoms with E-state index in [0.717, 1.165) is 12.5 Å². The Kier molecular flexibility index (Phi) is 2.92. The number of rotatable bonds is 4. The van der Waals surface area contributed by atoms with Crippen molar-refractivity contribution in [1.82, 2.24) is 9.97 Å². The van der Waals surface area contributed by atoms with Gasteiger partial charge in [-0.25, -0.2) is 4.98 Å². The van der Waals surface area contributed by atoms with E-state index in [1.165, 1.54) is 0 Å². The number of nitrogens with zero attached hydrogens (tertiary/aromatic N) is 1. The van der Waals surface area contributed by atoms with Crippen molar-refractivity contribution >= 4 is 5.95 Å². The van der Waals surface area contributed by atoms with Gasteiger partial charge in [0.1, 0.15) is 0 Å². The van der Waals surface area contributed by atoms with E-state index < -0.39 is 0 Å². The largest absolute Gasteiger partial charge is 0.380 e. The molecule has 1 aromatic heterocycles. The van der Waals surface area contributed by atoms with E-state index in [2.05, 4.69) is 15.3 Å². The summed E-state index contributed by atoms with van der Waals surface area (Å²) in [6.45, 7) is 2.76. The summed E-state index contributed by atoms with van der Waals surface area (Å²) in [6, 6.07) is 0. The molecule has 62 valence electrons. The average molecular weight is 155 g/mol. The number of H-pyrrole nitrogens is 1. The molecule has 2 N–H and O–H groups in total. The maximum absolute atomic E-state index is 5.04. The van der Waals surface area contributed by atoms with E-state index in [-0.39, 0.29) is 6.10 Å². The fraction of sp³-hybridized carbons (Fsp3) is 0.571. The van der Waals surface area contributed by atoms with Crippen molar-refractivity contribution in [1.29, 1.82) is 0 Å². The lowest BCUT2D eigenvalue weighted by Gasteiger charge is -2.08. The first-order valence-electron chi connectivity index (χ1n) is 3.59. The molecule has 0 saturated heterocycles. The molecule has 0 bridgehead atoms. The molecule has 0 saturated carbocycles. The lowest BCUT2D eigenvalue weighted by Crippen LogP contribution is -2.18. The highest BCUT2D eigenvalue weighted by atomic mass is 16.5. The number of aromatic nitrogens is 2. The average Bonchev–Trinajstić information content (AvgIpc) is 2.52. The molecule has 11 heavy (non-hydrogen) atoms. The van der Waals surface area contributed by atoms with E-state index in [1.807, 2.05) is 6.92 Å². The van der Waals surface area contributed by atoms with Crippen LogP contribution in [-0.2, 0) is 4.74 Å². The van der Waals surface area contributed by atoms with Gasteiger partial charge in [0.25, 0.3) is 0 Å². The minimum Gasteiger partial charge on any atom is -0.380 e. The summed E-state index contributed by atoms with van der Waals surface area (Å²) in [6.07, 6.45) is 3.69. The summed E-state index contributed by atoms with van der Waals surface area (Å²) in [5.41, 5.74) is 0. The molecule has 1 heterocycles. The predicted molar refractivity (Wildman–Crippen MR) is 43.5 cm³/mol. The highest BCUT2D eigenvalue weighted by Gasteiger charge is 1.98. The van der Waals surface area contributed by atoms with E-state index in [0.29, 0.717) is 0 Å². The normalized spacial score (nSPS) is 12.9. The molecular weight excluding hydrogens is 142 g/mol. The van der Waals surface area contributed by atoms with Crippen LogP contribution in [0.4, 0.5) is 5.95 Å². The highest BCUT2D eigenvalue weighted by molar-refractivity contribution is 5.22. The number of hydrogen-bond donors (Lipinski definition) is 2. The van der Waals surface area contributed by atoms with Crippen molar-refractivity contribution < 1.29 is 4.74 Å². The summed E-state index contributed by atoms with van der Waals surface area (Å²) >= 11 is 0. The fourth-order valence-corrected chi connectivity index (χ4v) is 0.686. The Balaban J connectivity index is 2.23. The van der Waals surface area contributed by atoms with Crippen LogP contribution in [0.25, 0.3) is 0 Å². The summed E-state index contributed by atoms with van der Waals surface area (Å²) < 4.78 is 5.04. The lowest BCUT2D eigenvalue weighted by atomic mass is 10.4. The van der Waals surface area contributed by atoms with Gasteiger partial charge in [0.05, 0.1) is 6.10 Å². The Hall–Kier alpha value is -1.03. The first-order chi connectivity index (χ1) is 5.33. The van der Waals surface area contributed by atoms with Crippen LogP contribution in [0, 0.1) is 0 Å². The van der Waals surface area contributed by atoms with E-state index in [1.54, 1.807) is 19.5 Å². The number of nitrogens with one attached hydrogen (secondary N) is 2. The molecule has 1 atom stereocenters. The summed E-state index contributed by atoms with van der Waals surface area (Å²) in [5, 5.41) is 3.08. The van der Waals surface area contributed by atoms with E-state index in [4.69, 9.17) is 4.74 Å². The third kappa shape index (κ3) is 2.59. The van der Waals surface area contributed by atoms with Crippen LogP contribution < -0.4 is 5.32 Å². The Morgan fingerprint density at radius 2 is 2.64 bits per heavy atom. The molecule has 0 fully saturated rings. The lowest BCUT2D eigenvalue weighted by molar-refractivity contribution is 0.128. The molecule has 0 aromatic carbocycles. The van der Waals surface area contributed by atoms with Crippen LogP contribution in [0.15, 0.2) is 12.4 Å². The fourth-order valence-electron chi connectivity index (χ4n) is 0.686. The van der Waals surface area contributed by atoms with E-state index in [9.17, 15) is 0 Å². The summed E-state index contributed by atoms with van der Waals surface area (Å²) in [4.78, 5) is 6.94. The summed E-state index contributed by atoms with van der Waals surface area (Å²) in [5.74, 6) is 0.786. The van der Waals surface area contributed by atoms with Crippen LogP contribution in [0.1, 0.15) is 6.92 Å². The molecule has 1 aromatic rings. The molecule has 0 aliphatic heterocycles. The Morgan fingerprint density at radius 3 is 3.18 bits per heavy atom. The number of ether oxygens (including phenoxy) is 1. The maximum Gasteiger partial charge on any atom is 0.200 e. The molecule has 0 spiro atoms. The maximum atomic E-state index is 5.04. The number of methoxy groups -OCH3 is 1. The number of anilines is 1. The Morgan fingerprint density at radius 1 is 1.82 bits per heavy atom. The van der Waals surface area contributed by atoms with Crippen molar-refractivity contribution in [2.75, 3.05) is 19.0 Å². The minimum atomic E-state index is 0.208. The van der Waals surface area contributed by atoms with Gasteiger partial charge in [-0.1, -0.05) is 0 Å². The van der Waals surface area contributed by atoms with E-state index >= 15 is 0 Å². The van der Waals surface area contributed by atoms with Crippen molar-refractivity contribution in [2.45, 2.75) is 13.0 Å². The number of aromatic amines is 1. The molecule has 0 amide bonds. The van der Waals surface area contributed by atoms with Crippen molar-refractivity contribution in [2.24, 2.45) is 0 Å². The predicted octanol–water partition coefficient (Wildman–Crippen LogP) is 0.856. The quantitative estimate of drug-likeness (QED) is 0.678. The van der Waals surface area contributed by atoms with Crippen LogP contribution in [0.2, 0.25) is 0 Å². The van der Waals surface area contributed by atoms with Gasteiger partial charge < -0.3 is 15.0 Å². The SMILES string of the molecule is COC(C)CNc1ncc[nH]1. The molecule has 1 rings (SSSR count). The van der Waals surface area contributed by atoms with Crippen molar-refractivity contribution in [3.63, 3.8) is 0 Å². The van der Waals surface area contributed by atoms with Gasteiger partial charge in [-0.15, -0.1) is 0 Å². The molecular formula is C7H13N3O. The first-order valence-corrected chi connectivity index (χ1v) is 3.59. The van der Waals surface area contributed by atoms with Gasteiger partial charge in [-0.05, 0) is 6.92 Å². The third-order valence-electron chi connectivity index (χ3n) is 1.46. The second-order valence-corrected chi connectivity index (χ2v) is 2.37. The second kappa shape index (κ2) is 3.98. The molecule has 0 radical (unpaired) electrons. The van der Waals surface area contributed by atoms with Crippen LogP contribution in [-0.4, -0.2) is 29.7 Å². The number of hydrogen-bond acceptors (Lipinski definition) is 3. The monoisotopic (exact) mass is 155 g/mol. The molecule has 1 unspecified atom stereocenters. The Bertz CT molecular complexity index is 186. The highest BCUT2D eigenvalue weighted by Crippen LogP contribution is 1.95. The van der Waals surface area contributed by atoms with Gasteiger partial charge in [0.15, 0.2) is 5.95 Å². The van der Waals surface area contributed by atoms with Crippen LogP contribution in [0.3, 0.4) is 0 Å². The summed E-state index contributed by atoms with van der Waals surface area (Å²) in [7, 11) is 1.69.